The van der Waals surface area contributed by atoms with Crippen molar-refractivity contribution in [3.8, 4) is 0 Å². The van der Waals surface area contributed by atoms with Crippen LogP contribution in [-0.2, 0) is 4.79 Å². The maximum Gasteiger partial charge on any atom is 0.305 e. The van der Waals surface area contributed by atoms with Gasteiger partial charge in [-0.25, -0.2) is 4.98 Å². The summed E-state index contributed by atoms with van der Waals surface area (Å²) in [6.45, 7) is 0. The number of carboxylic acids is 1. The highest BCUT2D eigenvalue weighted by molar-refractivity contribution is 5.93. The predicted octanol–water partition coefficient (Wildman–Crippen LogP) is 1.18. The number of rotatable bonds is 4. The van der Waals surface area contributed by atoms with Crippen molar-refractivity contribution >= 4 is 17.6 Å². The monoisotopic (exact) mass is 263 g/mol. The van der Waals surface area contributed by atoms with E-state index in [1.165, 1.54) is 12.3 Å². The van der Waals surface area contributed by atoms with E-state index in [1.807, 2.05) is 0 Å². The van der Waals surface area contributed by atoms with Crippen LogP contribution < -0.4 is 11.1 Å². The van der Waals surface area contributed by atoms with E-state index in [4.69, 9.17) is 10.8 Å². The quantitative estimate of drug-likeness (QED) is 0.756. The molecule has 0 unspecified atom stereocenters. The zero-order chi connectivity index (χ0) is 13.9. The van der Waals surface area contributed by atoms with Gasteiger partial charge in [-0.15, -0.1) is 0 Å². The summed E-state index contributed by atoms with van der Waals surface area (Å²) in [6.07, 6.45) is 4.62. The Hall–Kier alpha value is -2.11. The summed E-state index contributed by atoms with van der Waals surface area (Å²) in [5, 5.41) is 11.8. The zero-order valence-electron chi connectivity index (χ0n) is 10.6. The van der Waals surface area contributed by atoms with Crippen molar-refractivity contribution in [3.63, 3.8) is 0 Å². The number of carbonyl (C=O) groups is 2. The highest BCUT2D eigenvalue weighted by Crippen LogP contribution is 2.32. The first-order valence-corrected chi connectivity index (χ1v) is 6.27. The summed E-state index contributed by atoms with van der Waals surface area (Å²) < 4.78 is 0. The Labute approximate surface area is 111 Å². The molecule has 0 radical (unpaired) electrons. The van der Waals surface area contributed by atoms with E-state index in [-0.39, 0.29) is 18.0 Å². The van der Waals surface area contributed by atoms with E-state index in [2.05, 4.69) is 10.3 Å². The van der Waals surface area contributed by atoms with Gasteiger partial charge in [-0.05, 0) is 25.0 Å². The standard InChI is InChI=1S/C13H17N3O3/c14-9-3-4-10(15-8-9)12(19)16-13(7-11(17)18)5-1-2-6-13/h3-4,8H,1-2,5-7,14H2,(H,16,19)(H,17,18). The van der Waals surface area contributed by atoms with Gasteiger partial charge >= 0.3 is 5.97 Å². The molecule has 1 aromatic rings. The first-order chi connectivity index (χ1) is 9.01. The van der Waals surface area contributed by atoms with Crippen LogP contribution in [0.3, 0.4) is 0 Å². The summed E-state index contributed by atoms with van der Waals surface area (Å²) in [4.78, 5) is 27.0. The topological polar surface area (TPSA) is 105 Å². The molecule has 6 nitrogen and oxygen atoms in total. The van der Waals surface area contributed by atoms with Crippen LogP contribution >= 0.6 is 0 Å². The van der Waals surface area contributed by atoms with Crippen LogP contribution in [0, 0.1) is 0 Å². The number of nitrogen functional groups attached to an aromatic ring is 1. The number of nitrogens with two attached hydrogens (primary N) is 1. The smallest absolute Gasteiger partial charge is 0.305 e. The molecule has 1 fully saturated rings. The molecule has 0 aliphatic heterocycles. The van der Waals surface area contributed by atoms with Crippen LogP contribution in [-0.4, -0.2) is 27.5 Å². The minimum Gasteiger partial charge on any atom is -0.481 e. The fraction of sp³-hybridized carbons (Fsp3) is 0.462. The number of carboxylic acid groups (broad SMARTS) is 1. The molecule has 102 valence electrons. The second kappa shape index (κ2) is 5.26. The number of nitrogens with one attached hydrogen (secondary N) is 1. The van der Waals surface area contributed by atoms with Crippen molar-refractivity contribution in [3.05, 3.63) is 24.0 Å². The molecule has 0 atom stereocenters. The Morgan fingerprint density at radius 2 is 2.05 bits per heavy atom. The Morgan fingerprint density at radius 1 is 1.37 bits per heavy atom. The highest BCUT2D eigenvalue weighted by Gasteiger charge is 2.37. The molecule has 1 aliphatic carbocycles. The van der Waals surface area contributed by atoms with Gasteiger partial charge in [-0.3, -0.25) is 9.59 Å². The molecular formula is C13H17N3O3. The molecule has 0 spiro atoms. The molecule has 19 heavy (non-hydrogen) atoms. The number of pyridine rings is 1. The average molecular weight is 263 g/mol. The van der Waals surface area contributed by atoms with Crippen molar-refractivity contribution < 1.29 is 14.7 Å². The van der Waals surface area contributed by atoms with Gasteiger partial charge in [-0.1, -0.05) is 12.8 Å². The van der Waals surface area contributed by atoms with Crippen LogP contribution in [0.4, 0.5) is 5.69 Å². The minimum atomic E-state index is -0.896. The van der Waals surface area contributed by atoms with Crippen LogP contribution in [0.15, 0.2) is 18.3 Å². The van der Waals surface area contributed by atoms with Gasteiger partial charge in [0, 0.05) is 0 Å². The second-order valence-corrected chi connectivity index (χ2v) is 4.99. The van der Waals surface area contributed by atoms with Crippen LogP contribution in [0.25, 0.3) is 0 Å². The van der Waals surface area contributed by atoms with Crippen molar-refractivity contribution in [2.24, 2.45) is 0 Å². The Morgan fingerprint density at radius 3 is 2.58 bits per heavy atom. The van der Waals surface area contributed by atoms with Crippen molar-refractivity contribution in [2.45, 2.75) is 37.6 Å². The molecule has 0 bridgehead atoms. The number of carbonyl (C=O) groups excluding carboxylic acids is 1. The van der Waals surface area contributed by atoms with Gasteiger partial charge < -0.3 is 16.2 Å². The van der Waals surface area contributed by atoms with Gasteiger partial charge in [-0.2, -0.15) is 0 Å². The van der Waals surface area contributed by atoms with Crippen molar-refractivity contribution in [2.75, 3.05) is 5.73 Å². The van der Waals surface area contributed by atoms with E-state index < -0.39 is 11.5 Å². The fourth-order valence-electron chi connectivity index (χ4n) is 2.53. The first kappa shape index (κ1) is 13.3. The molecular weight excluding hydrogens is 246 g/mol. The third kappa shape index (κ3) is 3.21. The Bertz CT molecular complexity index is 478. The summed E-state index contributed by atoms with van der Waals surface area (Å²) in [6, 6.07) is 3.13. The first-order valence-electron chi connectivity index (χ1n) is 6.27. The molecule has 1 aliphatic rings. The third-order valence-corrected chi connectivity index (χ3v) is 3.45. The molecule has 1 heterocycles. The third-order valence-electron chi connectivity index (χ3n) is 3.45. The largest absolute Gasteiger partial charge is 0.481 e. The SMILES string of the molecule is Nc1ccc(C(=O)NC2(CC(=O)O)CCCC2)nc1. The lowest BCUT2D eigenvalue weighted by molar-refractivity contribution is -0.138. The second-order valence-electron chi connectivity index (χ2n) is 4.99. The van der Waals surface area contributed by atoms with Gasteiger partial charge in [0.05, 0.1) is 23.8 Å². The number of amides is 1. The number of hydrogen-bond donors (Lipinski definition) is 3. The summed E-state index contributed by atoms with van der Waals surface area (Å²) in [7, 11) is 0. The maximum atomic E-state index is 12.1. The lowest BCUT2D eigenvalue weighted by atomic mass is 9.93. The Kier molecular flexibility index (Phi) is 3.69. The van der Waals surface area contributed by atoms with E-state index in [0.717, 1.165) is 12.8 Å². The fourth-order valence-corrected chi connectivity index (χ4v) is 2.53. The molecule has 0 saturated heterocycles. The summed E-state index contributed by atoms with van der Waals surface area (Å²) in [5.74, 6) is -1.24. The zero-order valence-corrected chi connectivity index (χ0v) is 10.6. The van der Waals surface area contributed by atoms with Gasteiger partial charge in [0.15, 0.2) is 0 Å². The normalized spacial score (nSPS) is 17.1. The number of aromatic nitrogens is 1. The molecule has 1 amide bonds. The lowest BCUT2D eigenvalue weighted by Crippen LogP contribution is -2.48. The van der Waals surface area contributed by atoms with Gasteiger partial charge in [0.25, 0.3) is 5.91 Å². The Balaban J connectivity index is 2.11. The lowest BCUT2D eigenvalue weighted by Gasteiger charge is -2.28. The highest BCUT2D eigenvalue weighted by atomic mass is 16.4. The summed E-state index contributed by atoms with van der Waals surface area (Å²) >= 11 is 0. The van der Waals surface area contributed by atoms with Crippen LogP contribution in [0.1, 0.15) is 42.6 Å². The minimum absolute atomic E-state index is 0.0479. The van der Waals surface area contributed by atoms with Crippen LogP contribution in [0.5, 0.6) is 0 Å². The van der Waals surface area contributed by atoms with Crippen molar-refractivity contribution in [1.29, 1.82) is 0 Å². The van der Waals surface area contributed by atoms with Gasteiger partial charge in [0.1, 0.15) is 5.69 Å². The molecule has 2 rings (SSSR count). The number of aliphatic carboxylic acids is 1. The van der Waals surface area contributed by atoms with Gasteiger partial charge in [0.2, 0.25) is 0 Å². The number of nitrogens with zero attached hydrogens (tertiary/aromatic N) is 1. The molecule has 1 aromatic heterocycles. The van der Waals surface area contributed by atoms with E-state index in [1.54, 1.807) is 6.07 Å². The number of hydrogen-bond acceptors (Lipinski definition) is 4. The number of anilines is 1. The average Bonchev–Trinajstić information content (AvgIpc) is 2.77. The molecule has 0 aromatic carbocycles. The summed E-state index contributed by atoms with van der Waals surface area (Å²) in [5.41, 5.74) is 5.62. The predicted molar refractivity (Wildman–Crippen MR) is 69.6 cm³/mol. The maximum absolute atomic E-state index is 12.1. The van der Waals surface area contributed by atoms with E-state index in [0.29, 0.717) is 18.5 Å². The molecule has 1 saturated carbocycles. The molecule has 6 heteroatoms. The van der Waals surface area contributed by atoms with Crippen molar-refractivity contribution in [1.82, 2.24) is 10.3 Å². The van der Waals surface area contributed by atoms with E-state index >= 15 is 0 Å². The van der Waals surface area contributed by atoms with E-state index in [9.17, 15) is 9.59 Å². The molecule has 4 N–H and O–H groups in total. The van der Waals surface area contributed by atoms with Crippen LogP contribution in [0.2, 0.25) is 0 Å².